The van der Waals surface area contributed by atoms with E-state index in [1.54, 1.807) is 18.3 Å². The van der Waals surface area contributed by atoms with Crippen molar-refractivity contribution < 1.29 is 14.0 Å². The number of rotatable bonds is 7. The van der Waals surface area contributed by atoms with Gasteiger partial charge in [0.25, 0.3) is 5.91 Å². The molecular formula is C26H27FN4O2. The third-order valence-electron chi connectivity index (χ3n) is 5.85. The number of nitrogens with zero attached hydrogens (tertiary/aromatic N) is 3. The molecule has 1 N–H and O–H groups in total. The van der Waals surface area contributed by atoms with Gasteiger partial charge in [-0.1, -0.05) is 36.4 Å². The molecule has 1 aliphatic rings. The Morgan fingerprint density at radius 2 is 1.73 bits per heavy atom. The van der Waals surface area contributed by atoms with Gasteiger partial charge in [0.2, 0.25) is 5.91 Å². The van der Waals surface area contributed by atoms with Crippen LogP contribution in [0.5, 0.6) is 0 Å². The zero-order chi connectivity index (χ0) is 23.0. The highest BCUT2D eigenvalue weighted by Crippen LogP contribution is 2.18. The Morgan fingerprint density at radius 1 is 1.00 bits per heavy atom. The molecule has 4 rings (SSSR count). The lowest BCUT2D eigenvalue weighted by Gasteiger charge is -2.34. The van der Waals surface area contributed by atoms with Crippen molar-refractivity contribution in [3.05, 3.63) is 96.1 Å². The summed E-state index contributed by atoms with van der Waals surface area (Å²) >= 11 is 0. The number of likely N-dealkylation sites (tertiary alicyclic amines) is 1. The summed E-state index contributed by atoms with van der Waals surface area (Å²) in [5, 5.41) is 2.90. The van der Waals surface area contributed by atoms with Crippen LogP contribution in [0, 0.1) is 5.82 Å². The Morgan fingerprint density at radius 3 is 2.42 bits per heavy atom. The van der Waals surface area contributed by atoms with Gasteiger partial charge >= 0.3 is 0 Å². The number of aromatic nitrogens is 1. The van der Waals surface area contributed by atoms with Crippen molar-refractivity contribution in [3.63, 3.8) is 0 Å². The number of pyridine rings is 1. The molecule has 1 aliphatic heterocycles. The molecule has 0 atom stereocenters. The van der Waals surface area contributed by atoms with Gasteiger partial charge in [-0.05, 0) is 48.7 Å². The number of hydrogen-bond acceptors (Lipinski definition) is 4. The van der Waals surface area contributed by atoms with Gasteiger partial charge in [0, 0.05) is 43.8 Å². The zero-order valence-electron chi connectivity index (χ0n) is 18.4. The molecule has 2 amide bonds. The van der Waals surface area contributed by atoms with Gasteiger partial charge in [-0.25, -0.2) is 4.39 Å². The van der Waals surface area contributed by atoms with Gasteiger partial charge in [-0.15, -0.1) is 0 Å². The summed E-state index contributed by atoms with van der Waals surface area (Å²) in [5.41, 5.74) is 2.05. The third kappa shape index (κ3) is 5.94. The van der Waals surface area contributed by atoms with Crippen LogP contribution in [0.3, 0.4) is 0 Å². The first kappa shape index (κ1) is 22.5. The maximum atomic E-state index is 13.9. The average molecular weight is 447 g/mol. The minimum Gasteiger partial charge on any atom is -0.358 e. The lowest BCUT2D eigenvalue weighted by Crippen LogP contribution is -2.49. The van der Waals surface area contributed by atoms with Crippen LogP contribution in [0.25, 0.3) is 0 Å². The van der Waals surface area contributed by atoms with Crippen molar-refractivity contribution in [3.8, 4) is 0 Å². The van der Waals surface area contributed by atoms with Crippen LogP contribution in [0.2, 0.25) is 0 Å². The van der Waals surface area contributed by atoms with Crippen LogP contribution in [0.1, 0.15) is 28.8 Å². The number of carbonyl (C=O) groups excluding carboxylic acids is 2. The fraction of sp³-hybridized carbons (Fsp3) is 0.269. The van der Waals surface area contributed by atoms with Crippen molar-refractivity contribution in [2.45, 2.75) is 25.4 Å². The normalized spacial score (nSPS) is 14.0. The van der Waals surface area contributed by atoms with E-state index in [1.165, 1.54) is 12.1 Å². The summed E-state index contributed by atoms with van der Waals surface area (Å²) in [6.07, 6.45) is 4.82. The Bertz CT molecular complexity index is 1070. The van der Waals surface area contributed by atoms with Crippen LogP contribution in [-0.2, 0) is 11.3 Å². The second-order valence-corrected chi connectivity index (χ2v) is 8.16. The van der Waals surface area contributed by atoms with Crippen molar-refractivity contribution in [2.24, 2.45) is 0 Å². The van der Waals surface area contributed by atoms with Crippen molar-refractivity contribution in [1.29, 1.82) is 0 Å². The molecule has 1 fully saturated rings. The molecule has 1 aromatic heterocycles. The summed E-state index contributed by atoms with van der Waals surface area (Å²) in [5.74, 6) is -0.900. The van der Waals surface area contributed by atoms with Crippen molar-refractivity contribution >= 4 is 17.5 Å². The number of para-hydroxylation sites is 1. The molecule has 2 heterocycles. The molecule has 0 bridgehead atoms. The Labute approximate surface area is 193 Å². The summed E-state index contributed by atoms with van der Waals surface area (Å²) < 4.78 is 13.9. The van der Waals surface area contributed by atoms with E-state index < -0.39 is 11.7 Å². The molecular weight excluding hydrogens is 419 g/mol. The standard InChI is InChI=1S/C26H27FN4O2/c27-24-11-5-4-10-23(24)26(33)29-21-12-15-30(16-13-21)25(32)19-31(22-8-2-1-3-9-22)18-20-7-6-14-28-17-20/h1-11,14,17,21H,12-13,15-16,18-19H2,(H,29,33). The second kappa shape index (κ2) is 10.7. The number of carbonyl (C=O) groups is 2. The fourth-order valence-electron chi connectivity index (χ4n) is 4.03. The summed E-state index contributed by atoms with van der Waals surface area (Å²) in [4.78, 5) is 33.5. The molecule has 0 aliphatic carbocycles. The van der Waals surface area contributed by atoms with Gasteiger partial charge in [0.15, 0.2) is 0 Å². The van der Waals surface area contributed by atoms with Crippen LogP contribution in [0.4, 0.5) is 10.1 Å². The molecule has 6 nitrogen and oxygen atoms in total. The maximum Gasteiger partial charge on any atom is 0.254 e. The Balaban J connectivity index is 1.34. The molecule has 2 aromatic carbocycles. The first-order valence-corrected chi connectivity index (χ1v) is 11.1. The molecule has 0 saturated carbocycles. The lowest BCUT2D eigenvalue weighted by molar-refractivity contribution is -0.130. The molecule has 170 valence electrons. The number of piperidine rings is 1. The highest BCUT2D eigenvalue weighted by Gasteiger charge is 2.26. The van der Waals surface area contributed by atoms with Gasteiger partial charge in [-0.2, -0.15) is 0 Å². The SMILES string of the molecule is O=C(NC1CCN(C(=O)CN(Cc2cccnc2)c2ccccc2)CC1)c1ccccc1F. The molecule has 33 heavy (non-hydrogen) atoms. The van der Waals surface area contributed by atoms with Gasteiger partial charge in [-0.3, -0.25) is 14.6 Å². The first-order valence-electron chi connectivity index (χ1n) is 11.1. The van der Waals surface area contributed by atoms with Crippen LogP contribution >= 0.6 is 0 Å². The smallest absolute Gasteiger partial charge is 0.254 e. The zero-order valence-corrected chi connectivity index (χ0v) is 18.4. The maximum absolute atomic E-state index is 13.9. The quantitative estimate of drug-likeness (QED) is 0.602. The van der Waals surface area contributed by atoms with E-state index in [2.05, 4.69) is 10.3 Å². The van der Waals surface area contributed by atoms with Crippen molar-refractivity contribution in [2.75, 3.05) is 24.5 Å². The predicted octanol–water partition coefficient (Wildman–Crippen LogP) is 3.65. The number of halogens is 1. The van der Waals surface area contributed by atoms with Crippen molar-refractivity contribution in [1.82, 2.24) is 15.2 Å². The average Bonchev–Trinajstić information content (AvgIpc) is 2.85. The van der Waals surface area contributed by atoms with E-state index in [4.69, 9.17) is 0 Å². The molecule has 0 spiro atoms. The Kier molecular flexibility index (Phi) is 7.29. The van der Waals surface area contributed by atoms with Gasteiger partial charge < -0.3 is 15.1 Å². The molecule has 0 radical (unpaired) electrons. The van der Waals surface area contributed by atoms with Crippen LogP contribution in [0.15, 0.2) is 79.1 Å². The number of nitrogens with one attached hydrogen (secondary N) is 1. The summed E-state index contributed by atoms with van der Waals surface area (Å²) in [7, 11) is 0. The minimum atomic E-state index is -0.530. The van der Waals surface area contributed by atoms with Crippen LogP contribution < -0.4 is 10.2 Å². The van der Waals surface area contributed by atoms with E-state index in [0.29, 0.717) is 32.5 Å². The number of amides is 2. The molecule has 7 heteroatoms. The second-order valence-electron chi connectivity index (χ2n) is 8.16. The van der Waals surface area contributed by atoms with E-state index in [0.717, 1.165) is 11.3 Å². The van der Waals surface area contributed by atoms with E-state index in [1.807, 2.05) is 58.5 Å². The number of benzene rings is 2. The summed E-state index contributed by atoms with van der Waals surface area (Å²) in [6, 6.07) is 19.6. The summed E-state index contributed by atoms with van der Waals surface area (Å²) in [6.45, 7) is 1.94. The number of hydrogen-bond donors (Lipinski definition) is 1. The minimum absolute atomic E-state index is 0.0432. The van der Waals surface area contributed by atoms with E-state index in [9.17, 15) is 14.0 Å². The van der Waals surface area contributed by atoms with Crippen LogP contribution in [-0.4, -0.2) is 47.4 Å². The fourth-order valence-corrected chi connectivity index (χ4v) is 4.03. The Hall–Kier alpha value is -3.74. The third-order valence-corrected chi connectivity index (χ3v) is 5.85. The monoisotopic (exact) mass is 446 g/mol. The van der Waals surface area contributed by atoms with Gasteiger partial charge in [0.05, 0.1) is 12.1 Å². The molecule has 3 aromatic rings. The van der Waals surface area contributed by atoms with E-state index >= 15 is 0 Å². The first-order chi connectivity index (χ1) is 16.1. The highest BCUT2D eigenvalue weighted by atomic mass is 19.1. The number of anilines is 1. The lowest BCUT2D eigenvalue weighted by atomic mass is 10.0. The van der Waals surface area contributed by atoms with Gasteiger partial charge in [0.1, 0.15) is 5.82 Å². The highest BCUT2D eigenvalue weighted by molar-refractivity contribution is 5.94. The van der Waals surface area contributed by atoms with E-state index in [-0.39, 0.29) is 24.1 Å². The molecule has 0 unspecified atom stereocenters. The predicted molar refractivity (Wildman–Crippen MR) is 125 cm³/mol. The largest absolute Gasteiger partial charge is 0.358 e. The topological polar surface area (TPSA) is 65.5 Å². The molecule has 1 saturated heterocycles.